The zero-order valence-corrected chi connectivity index (χ0v) is 10.1. The van der Waals surface area contributed by atoms with Crippen LogP contribution in [0.1, 0.15) is 32.1 Å². The normalized spacial score (nSPS) is 25.0. The van der Waals surface area contributed by atoms with Gasteiger partial charge in [-0.25, -0.2) is 0 Å². The second-order valence-electron chi connectivity index (χ2n) is 4.72. The molecule has 1 amide bonds. The molecule has 0 spiro atoms. The second kappa shape index (κ2) is 5.83. The maximum atomic E-state index is 12.1. The number of carbonyl (C=O) groups excluding carboxylic acids is 1. The number of amides is 1. The van der Waals surface area contributed by atoms with Crippen molar-refractivity contribution in [2.75, 3.05) is 19.6 Å². The van der Waals surface area contributed by atoms with Gasteiger partial charge in [-0.2, -0.15) is 5.26 Å². The van der Waals surface area contributed by atoms with Crippen molar-refractivity contribution in [2.45, 2.75) is 38.1 Å². The maximum absolute atomic E-state index is 12.1. The van der Waals surface area contributed by atoms with Crippen molar-refractivity contribution in [3.63, 3.8) is 0 Å². The molecule has 0 saturated carbocycles. The molecule has 1 aliphatic carbocycles. The van der Waals surface area contributed by atoms with E-state index in [4.69, 9.17) is 5.26 Å². The smallest absolute Gasteiger partial charge is 0.227 e. The Labute approximate surface area is 102 Å². The van der Waals surface area contributed by atoms with E-state index in [2.05, 4.69) is 17.5 Å². The number of nitrogens with one attached hydrogen (secondary N) is 1. The van der Waals surface area contributed by atoms with Crippen LogP contribution in [0.25, 0.3) is 0 Å². The first-order valence-electron chi connectivity index (χ1n) is 6.39. The van der Waals surface area contributed by atoms with E-state index in [0.29, 0.717) is 19.5 Å². The number of piperazine rings is 1. The zero-order chi connectivity index (χ0) is 12.1. The Morgan fingerprint density at radius 2 is 2.47 bits per heavy atom. The van der Waals surface area contributed by atoms with Crippen molar-refractivity contribution >= 4 is 5.91 Å². The lowest BCUT2D eigenvalue weighted by molar-refractivity contribution is -0.132. The molecular weight excluding hydrogens is 214 g/mol. The number of hydrogen-bond donors (Lipinski definition) is 1. The lowest BCUT2D eigenvalue weighted by Gasteiger charge is -2.32. The molecular formula is C13H19N3O. The molecule has 1 saturated heterocycles. The molecule has 2 aliphatic rings. The first-order valence-corrected chi connectivity index (χ1v) is 6.39. The highest BCUT2D eigenvalue weighted by Gasteiger charge is 2.26. The number of nitrogens with zero attached hydrogens (tertiary/aromatic N) is 2. The Balaban J connectivity index is 1.94. The summed E-state index contributed by atoms with van der Waals surface area (Å²) >= 11 is 0. The van der Waals surface area contributed by atoms with Crippen LogP contribution in [0.3, 0.4) is 0 Å². The van der Waals surface area contributed by atoms with Crippen molar-refractivity contribution in [3.8, 4) is 6.07 Å². The van der Waals surface area contributed by atoms with E-state index in [9.17, 15) is 4.79 Å². The number of rotatable bonds is 2. The lowest BCUT2D eigenvalue weighted by Crippen LogP contribution is -2.53. The molecule has 1 fully saturated rings. The Morgan fingerprint density at radius 1 is 1.59 bits per heavy atom. The first-order chi connectivity index (χ1) is 8.31. The number of hydrogen-bond acceptors (Lipinski definition) is 3. The minimum Gasteiger partial charge on any atom is -0.324 e. The average molecular weight is 233 g/mol. The molecule has 92 valence electrons. The van der Waals surface area contributed by atoms with Crippen LogP contribution in [0.15, 0.2) is 11.6 Å². The molecule has 1 heterocycles. The van der Waals surface area contributed by atoms with E-state index >= 15 is 0 Å². The molecule has 0 aromatic carbocycles. The fraction of sp³-hybridized carbons (Fsp3) is 0.692. The summed E-state index contributed by atoms with van der Waals surface area (Å²) in [6, 6.07) is 1.90. The lowest BCUT2D eigenvalue weighted by atomic mass is 9.96. The van der Waals surface area contributed by atoms with E-state index < -0.39 is 0 Å². The van der Waals surface area contributed by atoms with Crippen LogP contribution in [-0.4, -0.2) is 36.5 Å². The Kier molecular flexibility index (Phi) is 4.16. The third-order valence-electron chi connectivity index (χ3n) is 3.48. The van der Waals surface area contributed by atoms with Gasteiger partial charge in [-0.1, -0.05) is 11.6 Å². The molecule has 1 aliphatic heterocycles. The highest BCUT2D eigenvalue weighted by atomic mass is 16.2. The Bertz CT molecular complexity index is 356. The summed E-state index contributed by atoms with van der Waals surface area (Å²) in [5, 5.41) is 12.2. The van der Waals surface area contributed by atoms with Gasteiger partial charge in [0.25, 0.3) is 0 Å². The van der Waals surface area contributed by atoms with Crippen LogP contribution in [0.4, 0.5) is 0 Å². The summed E-state index contributed by atoms with van der Waals surface area (Å²) in [5.74, 6) is 0.117. The fourth-order valence-corrected chi connectivity index (χ4v) is 2.48. The maximum Gasteiger partial charge on any atom is 0.227 e. The summed E-state index contributed by atoms with van der Waals surface area (Å²) in [5.41, 5.74) is 1.26. The van der Waals surface area contributed by atoms with Crippen LogP contribution in [-0.2, 0) is 4.79 Å². The molecule has 2 rings (SSSR count). The number of nitriles is 1. The van der Waals surface area contributed by atoms with Gasteiger partial charge in [-0.3, -0.25) is 4.79 Å². The van der Waals surface area contributed by atoms with Gasteiger partial charge in [0.1, 0.15) is 6.04 Å². The minimum atomic E-state index is -0.291. The van der Waals surface area contributed by atoms with E-state index in [1.807, 2.05) is 0 Å². The van der Waals surface area contributed by atoms with Gasteiger partial charge in [-0.05, 0) is 25.7 Å². The van der Waals surface area contributed by atoms with Gasteiger partial charge < -0.3 is 10.2 Å². The van der Waals surface area contributed by atoms with Crippen molar-refractivity contribution in [3.05, 3.63) is 11.6 Å². The Hall–Kier alpha value is -1.34. The van der Waals surface area contributed by atoms with Crippen molar-refractivity contribution < 1.29 is 4.79 Å². The minimum absolute atomic E-state index is 0.117. The van der Waals surface area contributed by atoms with Crippen LogP contribution in [0, 0.1) is 11.3 Å². The van der Waals surface area contributed by atoms with Gasteiger partial charge in [0.05, 0.1) is 6.07 Å². The Morgan fingerprint density at radius 3 is 3.18 bits per heavy atom. The molecule has 17 heavy (non-hydrogen) atoms. The summed E-state index contributed by atoms with van der Waals surface area (Å²) in [6.45, 7) is 2.05. The molecule has 0 bridgehead atoms. The SMILES string of the molecule is N#CC1CNCCN1C(=O)CC1=CCCCC1. The number of carbonyl (C=O) groups is 1. The highest BCUT2D eigenvalue weighted by molar-refractivity contribution is 5.79. The van der Waals surface area contributed by atoms with E-state index in [0.717, 1.165) is 19.4 Å². The molecule has 1 unspecified atom stereocenters. The topological polar surface area (TPSA) is 56.1 Å². The molecule has 4 heteroatoms. The predicted molar refractivity (Wildman–Crippen MR) is 65.2 cm³/mol. The van der Waals surface area contributed by atoms with Gasteiger partial charge in [0, 0.05) is 26.1 Å². The highest BCUT2D eigenvalue weighted by Crippen LogP contribution is 2.21. The monoisotopic (exact) mass is 233 g/mol. The zero-order valence-electron chi connectivity index (χ0n) is 10.1. The third kappa shape index (κ3) is 3.07. The largest absolute Gasteiger partial charge is 0.324 e. The van der Waals surface area contributed by atoms with Gasteiger partial charge in [0.15, 0.2) is 0 Å². The molecule has 1 atom stereocenters. The summed E-state index contributed by atoms with van der Waals surface area (Å²) in [6.07, 6.45) is 7.30. The molecule has 1 N–H and O–H groups in total. The van der Waals surface area contributed by atoms with E-state index in [1.165, 1.54) is 18.4 Å². The first kappa shape index (κ1) is 12.1. The quantitative estimate of drug-likeness (QED) is 0.729. The van der Waals surface area contributed by atoms with Crippen molar-refractivity contribution in [2.24, 2.45) is 0 Å². The molecule has 0 radical (unpaired) electrons. The second-order valence-corrected chi connectivity index (χ2v) is 4.72. The standard InChI is InChI=1S/C13H19N3O/c14-9-12-10-15-6-7-16(12)13(17)8-11-4-2-1-3-5-11/h4,12,15H,1-3,5-8,10H2. The molecule has 0 aromatic rings. The van der Waals surface area contributed by atoms with Gasteiger partial charge in [0.2, 0.25) is 5.91 Å². The number of allylic oxidation sites excluding steroid dienone is 1. The summed E-state index contributed by atoms with van der Waals surface area (Å²) in [4.78, 5) is 13.9. The van der Waals surface area contributed by atoms with Crippen LogP contribution in [0.2, 0.25) is 0 Å². The van der Waals surface area contributed by atoms with Gasteiger partial charge >= 0.3 is 0 Å². The van der Waals surface area contributed by atoms with E-state index in [1.54, 1.807) is 4.90 Å². The van der Waals surface area contributed by atoms with Crippen LogP contribution < -0.4 is 5.32 Å². The van der Waals surface area contributed by atoms with Gasteiger partial charge in [-0.15, -0.1) is 0 Å². The predicted octanol–water partition coefficient (Wildman–Crippen LogP) is 1.20. The van der Waals surface area contributed by atoms with Crippen LogP contribution >= 0.6 is 0 Å². The third-order valence-corrected chi connectivity index (χ3v) is 3.48. The summed E-state index contributed by atoms with van der Waals surface area (Å²) in [7, 11) is 0. The summed E-state index contributed by atoms with van der Waals surface area (Å²) < 4.78 is 0. The van der Waals surface area contributed by atoms with Crippen LogP contribution in [0.5, 0.6) is 0 Å². The molecule has 0 aromatic heterocycles. The molecule has 4 nitrogen and oxygen atoms in total. The fourth-order valence-electron chi connectivity index (χ4n) is 2.48. The van der Waals surface area contributed by atoms with Crippen molar-refractivity contribution in [1.29, 1.82) is 5.26 Å². The van der Waals surface area contributed by atoms with Crippen molar-refractivity contribution in [1.82, 2.24) is 10.2 Å². The van der Waals surface area contributed by atoms with E-state index in [-0.39, 0.29) is 11.9 Å². The average Bonchev–Trinajstić information content (AvgIpc) is 2.40.